The van der Waals surface area contributed by atoms with Crippen molar-refractivity contribution in [3.8, 4) is 0 Å². The van der Waals surface area contributed by atoms with Crippen molar-refractivity contribution in [1.29, 1.82) is 0 Å². The van der Waals surface area contributed by atoms with Crippen LogP contribution in [0.15, 0.2) is 18.2 Å². The molecule has 2 aromatic heterocycles. The Morgan fingerprint density at radius 3 is 2.37 bits per heavy atom. The monoisotopic (exact) mass is 296 g/mol. The summed E-state index contributed by atoms with van der Waals surface area (Å²) in [5.74, 6) is -0.294. The molecule has 0 aliphatic rings. The van der Waals surface area contributed by atoms with E-state index >= 15 is 0 Å². The molecule has 98 valence electrons. The molecule has 1 amide bonds. The number of hydrogen-bond donors (Lipinski definition) is 1. The highest BCUT2D eigenvalue weighted by Crippen LogP contribution is 2.17. The van der Waals surface area contributed by atoms with Gasteiger partial charge in [0.25, 0.3) is 5.91 Å². The lowest BCUT2D eigenvalue weighted by atomic mass is 10.3. The van der Waals surface area contributed by atoms with Gasteiger partial charge in [-0.15, -0.1) is 0 Å². The normalized spacial score (nSPS) is 10.3. The predicted molar refractivity (Wildman–Crippen MR) is 73.7 cm³/mol. The minimum Gasteiger partial charge on any atom is -0.289 e. The maximum absolute atomic E-state index is 12.0. The molecule has 19 heavy (non-hydrogen) atoms. The molecule has 5 nitrogen and oxygen atoms in total. The van der Waals surface area contributed by atoms with E-state index in [1.165, 1.54) is 12.1 Å². The highest BCUT2D eigenvalue weighted by Gasteiger charge is 2.14. The van der Waals surface area contributed by atoms with E-state index in [9.17, 15) is 4.79 Å². The fourth-order valence-corrected chi connectivity index (χ4v) is 1.86. The summed E-state index contributed by atoms with van der Waals surface area (Å²) in [6.45, 7) is 3.63. The molecule has 0 unspecified atom stereocenters. The van der Waals surface area contributed by atoms with Crippen LogP contribution in [0.2, 0.25) is 10.2 Å². The van der Waals surface area contributed by atoms with Crippen LogP contribution < -0.4 is 5.32 Å². The SMILES string of the molecule is Cc1cc(C)nc(NC(=O)c2nc(Cl)ccc2Cl)n1. The molecule has 0 saturated carbocycles. The summed E-state index contributed by atoms with van der Waals surface area (Å²) in [5.41, 5.74) is 1.55. The number of amides is 1. The van der Waals surface area contributed by atoms with Gasteiger partial charge in [-0.05, 0) is 32.0 Å². The summed E-state index contributed by atoms with van der Waals surface area (Å²) in [6.07, 6.45) is 0. The van der Waals surface area contributed by atoms with E-state index in [0.29, 0.717) is 0 Å². The topological polar surface area (TPSA) is 67.8 Å². The fraction of sp³-hybridized carbons (Fsp3) is 0.167. The van der Waals surface area contributed by atoms with Crippen molar-refractivity contribution in [2.75, 3.05) is 5.32 Å². The summed E-state index contributed by atoms with van der Waals surface area (Å²) >= 11 is 11.6. The number of nitrogens with zero attached hydrogens (tertiary/aromatic N) is 3. The molecule has 7 heteroatoms. The van der Waals surface area contributed by atoms with Gasteiger partial charge in [0.2, 0.25) is 5.95 Å². The van der Waals surface area contributed by atoms with E-state index in [2.05, 4.69) is 20.3 Å². The number of carbonyl (C=O) groups is 1. The van der Waals surface area contributed by atoms with Gasteiger partial charge in [-0.2, -0.15) is 0 Å². The highest BCUT2D eigenvalue weighted by molar-refractivity contribution is 6.35. The van der Waals surface area contributed by atoms with E-state index in [-0.39, 0.29) is 21.8 Å². The van der Waals surface area contributed by atoms with Crippen LogP contribution in [0.3, 0.4) is 0 Å². The molecule has 0 saturated heterocycles. The molecule has 0 aliphatic heterocycles. The zero-order chi connectivity index (χ0) is 14.0. The molecule has 1 N–H and O–H groups in total. The molecule has 0 aliphatic carbocycles. The number of rotatable bonds is 2. The molecule has 0 spiro atoms. The summed E-state index contributed by atoms with van der Waals surface area (Å²) in [4.78, 5) is 24.1. The lowest BCUT2D eigenvalue weighted by Gasteiger charge is -2.06. The zero-order valence-electron chi connectivity index (χ0n) is 10.2. The molecule has 0 aromatic carbocycles. The third-order valence-corrected chi connectivity index (χ3v) is 2.75. The molecular weight excluding hydrogens is 287 g/mol. The van der Waals surface area contributed by atoms with Crippen molar-refractivity contribution >= 4 is 35.1 Å². The van der Waals surface area contributed by atoms with Crippen LogP contribution in [0.1, 0.15) is 21.9 Å². The van der Waals surface area contributed by atoms with E-state index < -0.39 is 5.91 Å². The fourth-order valence-electron chi connectivity index (χ4n) is 1.52. The van der Waals surface area contributed by atoms with Crippen molar-refractivity contribution in [2.24, 2.45) is 0 Å². The second-order valence-electron chi connectivity index (χ2n) is 3.89. The molecule has 0 fully saturated rings. The number of pyridine rings is 1. The van der Waals surface area contributed by atoms with Crippen LogP contribution >= 0.6 is 23.2 Å². The number of aryl methyl sites for hydroxylation is 2. The van der Waals surface area contributed by atoms with Crippen molar-refractivity contribution in [3.63, 3.8) is 0 Å². The molecule has 0 radical (unpaired) electrons. The number of hydrogen-bond acceptors (Lipinski definition) is 4. The van der Waals surface area contributed by atoms with E-state index in [4.69, 9.17) is 23.2 Å². The zero-order valence-corrected chi connectivity index (χ0v) is 11.7. The first-order chi connectivity index (χ1) is 8.95. The second-order valence-corrected chi connectivity index (χ2v) is 4.69. The Balaban J connectivity index is 2.28. The Morgan fingerprint density at radius 1 is 1.11 bits per heavy atom. The van der Waals surface area contributed by atoms with Crippen LogP contribution in [0.5, 0.6) is 0 Å². The maximum Gasteiger partial charge on any atom is 0.278 e. The third-order valence-electron chi connectivity index (χ3n) is 2.23. The molecular formula is C12H10Cl2N4O. The van der Waals surface area contributed by atoms with Gasteiger partial charge >= 0.3 is 0 Å². The Morgan fingerprint density at radius 2 is 1.74 bits per heavy atom. The largest absolute Gasteiger partial charge is 0.289 e. The van der Waals surface area contributed by atoms with Gasteiger partial charge in [0.1, 0.15) is 10.8 Å². The second kappa shape index (κ2) is 5.50. The van der Waals surface area contributed by atoms with Crippen molar-refractivity contribution < 1.29 is 4.79 Å². The van der Waals surface area contributed by atoms with Gasteiger partial charge in [0.05, 0.1) is 5.02 Å². The molecule has 2 aromatic rings. The summed E-state index contributed by atoms with van der Waals surface area (Å²) in [7, 11) is 0. The Labute approximate surface area is 120 Å². The van der Waals surface area contributed by atoms with E-state index in [1.54, 1.807) is 6.07 Å². The van der Waals surface area contributed by atoms with Crippen LogP contribution in [0.25, 0.3) is 0 Å². The molecule has 2 rings (SSSR count). The Kier molecular flexibility index (Phi) is 3.97. The molecule has 0 atom stereocenters. The minimum absolute atomic E-state index is 0.0388. The van der Waals surface area contributed by atoms with Crippen molar-refractivity contribution in [3.05, 3.63) is 45.5 Å². The number of aromatic nitrogens is 3. The molecule has 0 bridgehead atoms. The van der Waals surface area contributed by atoms with Gasteiger partial charge in [0.15, 0.2) is 0 Å². The van der Waals surface area contributed by atoms with Crippen LogP contribution in [-0.2, 0) is 0 Å². The number of nitrogens with one attached hydrogen (secondary N) is 1. The lowest BCUT2D eigenvalue weighted by Crippen LogP contribution is -2.17. The van der Waals surface area contributed by atoms with E-state index in [0.717, 1.165) is 11.4 Å². The first-order valence-electron chi connectivity index (χ1n) is 5.41. The van der Waals surface area contributed by atoms with E-state index in [1.807, 2.05) is 13.8 Å². The highest BCUT2D eigenvalue weighted by atomic mass is 35.5. The Bertz CT molecular complexity index is 625. The lowest BCUT2D eigenvalue weighted by molar-refractivity contribution is 0.102. The van der Waals surface area contributed by atoms with Gasteiger partial charge in [-0.3, -0.25) is 10.1 Å². The smallest absolute Gasteiger partial charge is 0.278 e. The average molecular weight is 297 g/mol. The number of anilines is 1. The van der Waals surface area contributed by atoms with Gasteiger partial charge in [0, 0.05) is 11.4 Å². The van der Waals surface area contributed by atoms with Crippen LogP contribution in [0.4, 0.5) is 5.95 Å². The minimum atomic E-state index is -0.502. The van der Waals surface area contributed by atoms with Crippen LogP contribution in [-0.4, -0.2) is 20.9 Å². The maximum atomic E-state index is 12.0. The van der Waals surface area contributed by atoms with Gasteiger partial charge in [-0.1, -0.05) is 23.2 Å². The standard InChI is InChI=1S/C12H10Cl2N4O/c1-6-5-7(2)16-12(15-6)18-11(19)10-8(13)3-4-9(14)17-10/h3-5H,1-2H3,(H,15,16,18,19). The van der Waals surface area contributed by atoms with Crippen LogP contribution in [0, 0.1) is 13.8 Å². The summed E-state index contributed by atoms with van der Waals surface area (Å²) in [5, 5.41) is 2.95. The summed E-state index contributed by atoms with van der Waals surface area (Å²) < 4.78 is 0. The van der Waals surface area contributed by atoms with Crippen molar-refractivity contribution in [1.82, 2.24) is 15.0 Å². The third kappa shape index (κ3) is 3.39. The van der Waals surface area contributed by atoms with Gasteiger partial charge < -0.3 is 0 Å². The first-order valence-corrected chi connectivity index (χ1v) is 6.17. The van der Waals surface area contributed by atoms with Crippen molar-refractivity contribution in [2.45, 2.75) is 13.8 Å². The number of halogens is 2. The molecule has 2 heterocycles. The first kappa shape index (κ1) is 13.7. The quantitative estimate of drug-likeness (QED) is 0.865. The average Bonchev–Trinajstić information content (AvgIpc) is 2.30. The Hall–Kier alpha value is -1.72. The number of carbonyl (C=O) groups excluding carboxylic acids is 1. The van der Waals surface area contributed by atoms with Gasteiger partial charge in [-0.25, -0.2) is 15.0 Å². The summed E-state index contributed by atoms with van der Waals surface area (Å²) in [6, 6.07) is 4.82. The predicted octanol–water partition coefficient (Wildman–Crippen LogP) is 3.05.